The van der Waals surface area contributed by atoms with Crippen LogP contribution in [0, 0.1) is 5.41 Å². The fraction of sp³-hybridized carbons (Fsp3) is 0.714. The first-order valence-electron chi connectivity index (χ1n) is 13.1. The molecule has 0 atom stereocenters. The third kappa shape index (κ3) is 11.8. The van der Waals surface area contributed by atoms with Crippen LogP contribution in [-0.2, 0) is 9.59 Å². The van der Waals surface area contributed by atoms with Gasteiger partial charge in [0, 0.05) is 28.9 Å². The molecule has 33 heavy (non-hydrogen) atoms. The van der Waals surface area contributed by atoms with E-state index in [-0.39, 0.29) is 15.6 Å². The molecule has 0 aromatic heterocycles. The molecule has 0 aliphatic carbocycles. The second-order valence-corrected chi connectivity index (χ2v) is 16.6. The van der Waals surface area contributed by atoms with Crippen LogP contribution in [0.5, 0.6) is 0 Å². The van der Waals surface area contributed by atoms with E-state index in [4.69, 9.17) is 0 Å². The number of carbonyl (C=O) groups excluding carboxylic acids is 2. The predicted octanol–water partition coefficient (Wildman–Crippen LogP) is 9.56. The second-order valence-electron chi connectivity index (χ2n) is 9.97. The van der Waals surface area contributed by atoms with Crippen LogP contribution in [0.2, 0.25) is 0 Å². The van der Waals surface area contributed by atoms with Gasteiger partial charge in [0.05, 0.1) is 24.6 Å². The van der Waals surface area contributed by atoms with E-state index in [1.165, 1.54) is 86.7 Å². The summed E-state index contributed by atoms with van der Waals surface area (Å²) in [6.45, 7) is 13.0. The molecule has 0 radical (unpaired) electrons. The van der Waals surface area contributed by atoms with Crippen LogP contribution in [0.25, 0.3) is 0 Å². The number of thioether (sulfide) groups is 2. The zero-order valence-corrected chi connectivity index (χ0v) is 24.6. The Bertz CT molecular complexity index is 679. The molecular formula is C28H48O2PS2+. The molecule has 0 fully saturated rings. The highest BCUT2D eigenvalue weighted by molar-refractivity contribution is 8.14. The maximum Gasteiger partial charge on any atom is 0.199 e. The average molecular weight is 512 g/mol. The van der Waals surface area contributed by atoms with E-state index in [0.717, 1.165) is 22.6 Å². The lowest BCUT2D eigenvalue weighted by atomic mass is 9.92. The summed E-state index contributed by atoms with van der Waals surface area (Å²) in [5, 5.41) is 0.473. The molecule has 0 bridgehead atoms. The summed E-state index contributed by atoms with van der Waals surface area (Å²) >= 11 is 2.67. The molecular weight excluding hydrogens is 463 g/mol. The van der Waals surface area contributed by atoms with E-state index in [0.29, 0.717) is 6.42 Å². The van der Waals surface area contributed by atoms with Gasteiger partial charge in [-0.3, -0.25) is 9.59 Å². The first-order valence-corrected chi connectivity index (χ1v) is 17.3. The highest BCUT2D eigenvalue weighted by Gasteiger charge is 2.35. The van der Waals surface area contributed by atoms with Gasteiger partial charge in [-0.1, -0.05) is 84.3 Å². The van der Waals surface area contributed by atoms with Crippen molar-refractivity contribution in [3.63, 3.8) is 0 Å². The first kappa shape index (κ1) is 30.7. The molecule has 5 heteroatoms. The Hall–Kier alpha value is -0.310. The Morgan fingerprint density at radius 2 is 1.15 bits per heavy atom. The maximum atomic E-state index is 12.7. The summed E-state index contributed by atoms with van der Waals surface area (Å²) < 4.78 is 0. The smallest absolute Gasteiger partial charge is 0.199 e. The van der Waals surface area contributed by atoms with Crippen molar-refractivity contribution >= 4 is 41.0 Å². The van der Waals surface area contributed by atoms with Crippen LogP contribution >= 0.6 is 30.8 Å². The number of rotatable bonds is 17. The molecule has 0 spiro atoms. The Morgan fingerprint density at radius 3 is 1.58 bits per heavy atom. The van der Waals surface area contributed by atoms with Gasteiger partial charge in [-0.2, -0.15) is 0 Å². The SMILES string of the molecule is CCCC[P+](CCCC)(CCCC)CCCC(=O)Sc1ccc(SC(=O)C(C)(C)CC)cc1. The molecule has 0 amide bonds. The van der Waals surface area contributed by atoms with Crippen LogP contribution in [-0.4, -0.2) is 34.9 Å². The molecule has 1 aromatic rings. The predicted molar refractivity (Wildman–Crippen MR) is 153 cm³/mol. The number of unbranched alkanes of at least 4 members (excludes halogenated alkanes) is 3. The van der Waals surface area contributed by atoms with Gasteiger partial charge in [0.25, 0.3) is 0 Å². The topological polar surface area (TPSA) is 34.1 Å². The molecule has 0 unspecified atom stereocenters. The number of hydrogen-bond acceptors (Lipinski definition) is 4. The van der Waals surface area contributed by atoms with Crippen LogP contribution in [0.4, 0.5) is 0 Å². The maximum absolute atomic E-state index is 12.7. The van der Waals surface area contributed by atoms with E-state index in [2.05, 4.69) is 20.8 Å². The lowest BCUT2D eigenvalue weighted by molar-refractivity contribution is -0.118. The highest BCUT2D eigenvalue weighted by atomic mass is 32.2. The molecule has 0 N–H and O–H groups in total. The molecule has 0 aliphatic rings. The zero-order valence-electron chi connectivity index (χ0n) is 22.1. The fourth-order valence-electron chi connectivity index (χ4n) is 3.86. The Morgan fingerprint density at radius 1 is 0.727 bits per heavy atom. The van der Waals surface area contributed by atoms with E-state index in [1.54, 1.807) is 0 Å². The van der Waals surface area contributed by atoms with Gasteiger partial charge in [-0.05, 0) is 56.4 Å². The third-order valence-corrected chi connectivity index (χ3v) is 13.9. The fourth-order valence-corrected chi connectivity index (χ4v) is 10.7. The molecule has 1 aromatic carbocycles. The summed E-state index contributed by atoms with van der Waals surface area (Å²) in [6.07, 6.45) is 16.0. The van der Waals surface area contributed by atoms with Crippen LogP contribution < -0.4 is 0 Å². The molecule has 0 heterocycles. The van der Waals surface area contributed by atoms with E-state index in [1.807, 2.05) is 45.0 Å². The molecule has 1 rings (SSSR count). The highest BCUT2D eigenvalue weighted by Crippen LogP contribution is 2.61. The number of benzene rings is 1. The normalized spacial score (nSPS) is 12.2. The molecule has 0 saturated heterocycles. The van der Waals surface area contributed by atoms with Gasteiger partial charge in [0.15, 0.2) is 10.2 Å². The van der Waals surface area contributed by atoms with Crippen molar-refractivity contribution in [2.24, 2.45) is 5.41 Å². The first-order chi connectivity index (χ1) is 15.7. The van der Waals surface area contributed by atoms with Crippen LogP contribution in [0.1, 0.15) is 99.3 Å². The number of hydrogen-bond donors (Lipinski definition) is 0. The van der Waals surface area contributed by atoms with Gasteiger partial charge in [0.1, 0.15) is 0 Å². The lowest BCUT2D eigenvalue weighted by Crippen LogP contribution is -2.19. The molecule has 2 nitrogen and oxygen atoms in total. The minimum Gasteiger partial charge on any atom is -0.287 e. The lowest BCUT2D eigenvalue weighted by Gasteiger charge is -2.28. The van der Waals surface area contributed by atoms with Crippen LogP contribution in [0.3, 0.4) is 0 Å². The molecule has 0 saturated carbocycles. The van der Waals surface area contributed by atoms with Gasteiger partial charge in [-0.25, -0.2) is 0 Å². The third-order valence-electron chi connectivity index (χ3n) is 6.67. The van der Waals surface area contributed by atoms with Crippen molar-refractivity contribution in [2.45, 2.75) is 109 Å². The van der Waals surface area contributed by atoms with E-state index in [9.17, 15) is 9.59 Å². The van der Waals surface area contributed by atoms with Gasteiger partial charge < -0.3 is 0 Å². The van der Waals surface area contributed by atoms with E-state index < -0.39 is 7.26 Å². The minimum absolute atomic E-state index is 0.197. The monoisotopic (exact) mass is 511 g/mol. The van der Waals surface area contributed by atoms with E-state index >= 15 is 0 Å². The summed E-state index contributed by atoms with van der Waals surface area (Å²) in [7, 11) is -0.917. The van der Waals surface area contributed by atoms with Crippen molar-refractivity contribution in [1.82, 2.24) is 0 Å². The van der Waals surface area contributed by atoms with Crippen molar-refractivity contribution in [2.75, 3.05) is 24.6 Å². The number of carbonyl (C=O) groups is 2. The second kappa shape index (κ2) is 16.4. The van der Waals surface area contributed by atoms with Crippen LogP contribution in [0.15, 0.2) is 34.1 Å². The standard InChI is InChI=1S/C28H48O2PS2/c1-7-11-20-31(21-12-8-2,22-13-9-3)23-14-15-26(29)32-24-16-18-25(19-17-24)33-27(30)28(5,6)10-4/h16-19H,7-15,20-23H2,1-6H3/q+1. The Kier molecular flexibility index (Phi) is 15.2. The average Bonchev–Trinajstić information content (AvgIpc) is 2.80. The largest absolute Gasteiger partial charge is 0.287 e. The summed E-state index contributed by atoms with van der Waals surface area (Å²) in [5.74, 6) is 0. The van der Waals surface area contributed by atoms with Crippen molar-refractivity contribution in [1.29, 1.82) is 0 Å². The Balaban J connectivity index is 2.61. The summed E-state index contributed by atoms with van der Waals surface area (Å²) in [4.78, 5) is 27.1. The van der Waals surface area contributed by atoms with Crippen molar-refractivity contribution < 1.29 is 9.59 Å². The summed E-state index contributed by atoms with van der Waals surface area (Å²) in [6, 6.07) is 7.91. The Labute approximate surface area is 213 Å². The summed E-state index contributed by atoms with van der Waals surface area (Å²) in [5.41, 5.74) is -0.308. The zero-order chi connectivity index (χ0) is 24.7. The van der Waals surface area contributed by atoms with Gasteiger partial charge in [0.2, 0.25) is 0 Å². The molecule has 188 valence electrons. The quantitative estimate of drug-likeness (QED) is 0.154. The minimum atomic E-state index is -0.917. The van der Waals surface area contributed by atoms with Gasteiger partial charge in [-0.15, -0.1) is 0 Å². The van der Waals surface area contributed by atoms with Crippen molar-refractivity contribution in [3.8, 4) is 0 Å². The van der Waals surface area contributed by atoms with Crippen molar-refractivity contribution in [3.05, 3.63) is 24.3 Å². The van der Waals surface area contributed by atoms with Gasteiger partial charge >= 0.3 is 0 Å². The molecule has 0 aliphatic heterocycles.